The summed E-state index contributed by atoms with van der Waals surface area (Å²) in [5.41, 5.74) is 1.26. The number of rotatable bonds is 12. The number of fused-ring (bicyclic) bond motifs is 1. The molecule has 11 nitrogen and oxygen atoms in total. The molecule has 1 N–H and O–H groups in total. The van der Waals surface area contributed by atoms with Crippen molar-refractivity contribution in [2.45, 2.75) is 60.8 Å². The van der Waals surface area contributed by atoms with E-state index in [4.69, 9.17) is 10.00 Å². The highest BCUT2D eigenvalue weighted by molar-refractivity contribution is 7.19. The third-order valence-corrected chi connectivity index (χ3v) is 8.63. The van der Waals surface area contributed by atoms with E-state index < -0.39 is 11.5 Å². The number of ketones is 2. The molecule has 3 amide bonds. The van der Waals surface area contributed by atoms with Crippen LogP contribution >= 0.6 is 11.3 Å². The van der Waals surface area contributed by atoms with Crippen molar-refractivity contribution in [1.29, 1.82) is 5.26 Å². The summed E-state index contributed by atoms with van der Waals surface area (Å²) in [6.07, 6.45) is -0.0427. The molecule has 44 heavy (non-hydrogen) atoms. The number of Topliss-reactive ketones (excluding diaryl/α,β-unsaturated/α-hetero) is 2. The maximum atomic E-state index is 13.3. The predicted molar refractivity (Wildman–Crippen MR) is 167 cm³/mol. The van der Waals surface area contributed by atoms with E-state index in [1.54, 1.807) is 59.9 Å². The van der Waals surface area contributed by atoms with Crippen molar-refractivity contribution < 1.29 is 28.7 Å². The maximum Gasteiger partial charge on any atom is 0.415 e. The zero-order valence-electron chi connectivity index (χ0n) is 26.3. The highest BCUT2D eigenvalue weighted by Gasteiger charge is 2.38. The third-order valence-electron chi connectivity index (χ3n) is 7.71. The van der Waals surface area contributed by atoms with E-state index in [9.17, 15) is 24.0 Å². The number of nitriles is 1. The van der Waals surface area contributed by atoms with Crippen LogP contribution in [0.5, 0.6) is 5.75 Å². The van der Waals surface area contributed by atoms with E-state index >= 15 is 0 Å². The molecule has 0 unspecified atom stereocenters. The van der Waals surface area contributed by atoms with E-state index in [-0.39, 0.29) is 61.6 Å². The largest absolute Gasteiger partial charge is 0.415 e. The number of allylic oxidation sites excluding steroid dienone is 4. The lowest BCUT2D eigenvalue weighted by Crippen LogP contribution is -2.42. The first-order valence-electron chi connectivity index (χ1n) is 14.5. The number of benzene rings is 1. The molecule has 1 aliphatic rings. The summed E-state index contributed by atoms with van der Waals surface area (Å²) in [4.78, 5) is 71.5. The van der Waals surface area contributed by atoms with Crippen molar-refractivity contribution in [2.24, 2.45) is 5.41 Å². The Morgan fingerprint density at radius 1 is 1.05 bits per heavy atom. The second-order valence-corrected chi connectivity index (χ2v) is 12.5. The van der Waals surface area contributed by atoms with Gasteiger partial charge in [-0.25, -0.2) is 9.78 Å². The average molecular weight is 622 g/mol. The molecule has 1 aromatic heterocycles. The van der Waals surface area contributed by atoms with E-state index in [1.165, 1.54) is 21.1 Å². The fourth-order valence-electron chi connectivity index (χ4n) is 5.10. The van der Waals surface area contributed by atoms with Gasteiger partial charge in [-0.3, -0.25) is 19.2 Å². The van der Waals surface area contributed by atoms with Crippen LogP contribution in [-0.2, 0) is 19.2 Å². The standard InChI is InChI=1S/C32H39N5O6S/c1-8-34-25(38)10-9-13-37(31(42)43-22-11-12-23-24(16-22)44-26(18-33)35-23)15-14-36(7)27(39)17-32(5,6)28-21(4)29(40)19(2)20(3)30(28)41/h11-12,16H,8-10,13-15,17H2,1-7H3,(H,34,38). The Bertz CT molecular complexity index is 1600. The van der Waals surface area contributed by atoms with Gasteiger partial charge in [0.1, 0.15) is 11.8 Å². The van der Waals surface area contributed by atoms with Crippen molar-refractivity contribution in [3.63, 3.8) is 0 Å². The van der Waals surface area contributed by atoms with E-state index in [0.29, 0.717) is 50.5 Å². The number of amides is 3. The molecule has 0 bridgehead atoms. The number of likely N-dealkylation sites (N-methyl/N-ethyl adjacent to an activating group) is 1. The quantitative estimate of drug-likeness (QED) is 0.339. The Balaban J connectivity index is 1.70. The van der Waals surface area contributed by atoms with Crippen LogP contribution in [0.1, 0.15) is 65.8 Å². The molecule has 0 saturated heterocycles. The molecule has 0 aliphatic heterocycles. The summed E-state index contributed by atoms with van der Waals surface area (Å²) in [5.74, 6) is -0.501. The highest BCUT2D eigenvalue weighted by atomic mass is 32.1. The molecule has 12 heteroatoms. The number of thiazole rings is 1. The fourth-order valence-corrected chi connectivity index (χ4v) is 5.89. The smallest absolute Gasteiger partial charge is 0.410 e. The molecule has 0 saturated carbocycles. The van der Waals surface area contributed by atoms with Crippen LogP contribution in [0.2, 0.25) is 0 Å². The fraction of sp³-hybridized carbons (Fsp3) is 0.469. The van der Waals surface area contributed by atoms with Gasteiger partial charge in [0.25, 0.3) is 0 Å². The van der Waals surface area contributed by atoms with Gasteiger partial charge in [0.15, 0.2) is 16.6 Å². The molecule has 1 aliphatic carbocycles. The van der Waals surface area contributed by atoms with E-state index in [2.05, 4.69) is 10.3 Å². The SMILES string of the molecule is CCNC(=O)CCCN(CCN(C)C(=O)CC(C)(C)C1=C(C)C(=O)C(C)=C(C)C1=O)C(=O)Oc1ccc2nc(C#N)sc2c1. The first-order valence-corrected chi connectivity index (χ1v) is 15.3. The Morgan fingerprint density at radius 2 is 1.73 bits per heavy atom. The number of ether oxygens (including phenoxy) is 1. The number of hydrogen-bond donors (Lipinski definition) is 1. The number of carbonyl (C=O) groups excluding carboxylic acids is 5. The lowest BCUT2D eigenvalue weighted by Gasteiger charge is -2.33. The minimum Gasteiger partial charge on any atom is -0.410 e. The van der Waals surface area contributed by atoms with Gasteiger partial charge in [0.05, 0.1) is 10.2 Å². The second kappa shape index (κ2) is 14.4. The van der Waals surface area contributed by atoms with Gasteiger partial charge in [-0.2, -0.15) is 5.26 Å². The van der Waals surface area contributed by atoms with Crippen LogP contribution in [-0.4, -0.2) is 77.5 Å². The molecule has 2 aromatic rings. The van der Waals surface area contributed by atoms with Crippen molar-refractivity contribution in [2.75, 3.05) is 33.2 Å². The average Bonchev–Trinajstić information content (AvgIpc) is 3.39. The number of hydrogen-bond acceptors (Lipinski definition) is 9. The van der Waals surface area contributed by atoms with Gasteiger partial charge in [-0.1, -0.05) is 13.8 Å². The van der Waals surface area contributed by atoms with Crippen molar-refractivity contribution in [3.8, 4) is 11.8 Å². The van der Waals surface area contributed by atoms with Gasteiger partial charge in [-0.15, -0.1) is 11.3 Å². The van der Waals surface area contributed by atoms with Crippen molar-refractivity contribution >= 4 is 51.0 Å². The van der Waals surface area contributed by atoms with Gasteiger partial charge in [0.2, 0.25) is 11.8 Å². The second-order valence-electron chi connectivity index (χ2n) is 11.5. The van der Waals surface area contributed by atoms with Crippen LogP contribution in [0.15, 0.2) is 40.5 Å². The minimum absolute atomic E-state index is 0.0112. The van der Waals surface area contributed by atoms with Crippen LogP contribution in [0.25, 0.3) is 10.2 Å². The number of nitrogens with one attached hydrogen (secondary N) is 1. The molecule has 0 fully saturated rings. The zero-order chi connectivity index (χ0) is 32.8. The van der Waals surface area contributed by atoms with Gasteiger partial charge in [-0.05, 0) is 46.2 Å². The van der Waals surface area contributed by atoms with Crippen LogP contribution < -0.4 is 10.1 Å². The molecule has 0 radical (unpaired) electrons. The maximum absolute atomic E-state index is 13.3. The normalized spacial score (nSPS) is 13.7. The molecule has 3 rings (SSSR count). The first kappa shape index (κ1) is 34.1. The van der Waals surface area contributed by atoms with E-state index in [1.807, 2.05) is 13.0 Å². The minimum atomic E-state index is -0.893. The lowest BCUT2D eigenvalue weighted by molar-refractivity contribution is -0.132. The Hall–Kier alpha value is -4.37. The summed E-state index contributed by atoms with van der Waals surface area (Å²) in [5, 5.41) is 12.2. The molecule has 1 heterocycles. The Labute approximate surface area is 261 Å². The Morgan fingerprint density at radius 3 is 2.39 bits per heavy atom. The third kappa shape index (κ3) is 7.96. The van der Waals surface area contributed by atoms with Gasteiger partial charge in [0, 0.05) is 79.8 Å². The van der Waals surface area contributed by atoms with Crippen molar-refractivity contribution in [1.82, 2.24) is 20.1 Å². The van der Waals surface area contributed by atoms with Gasteiger partial charge < -0.3 is 19.9 Å². The molecule has 0 atom stereocenters. The highest BCUT2D eigenvalue weighted by Crippen LogP contribution is 2.39. The summed E-state index contributed by atoms with van der Waals surface area (Å²) in [6, 6.07) is 6.91. The van der Waals surface area contributed by atoms with Crippen LogP contribution in [0.3, 0.4) is 0 Å². The summed E-state index contributed by atoms with van der Waals surface area (Å²) in [7, 11) is 1.62. The number of carbonyl (C=O) groups is 5. The number of aromatic nitrogens is 1. The first-order chi connectivity index (χ1) is 20.7. The topological polar surface area (TPSA) is 150 Å². The molecule has 1 aromatic carbocycles. The Kier molecular flexibility index (Phi) is 11.2. The van der Waals surface area contributed by atoms with Gasteiger partial charge >= 0.3 is 6.09 Å². The molecule has 0 spiro atoms. The lowest BCUT2D eigenvalue weighted by atomic mass is 9.71. The monoisotopic (exact) mass is 621 g/mol. The van der Waals surface area contributed by atoms with Crippen LogP contribution in [0.4, 0.5) is 4.79 Å². The van der Waals surface area contributed by atoms with E-state index in [0.717, 1.165) is 0 Å². The predicted octanol–water partition coefficient (Wildman–Crippen LogP) is 4.56. The summed E-state index contributed by atoms with van der Waals surface area (Å²) < 4.78 is 6.34. The summed E-state index contributed by atoms with van der Waals surface area (Å²) in [6.45, 7) is 11.3. The number of nitrogens with zero attached hydrogens (tertiary/aromatic N) is 4. The van der Waals surface area contributed by atoms with Crippen molar-refractivity contribution in [3.05, 3.63) is 45.5 Å². The molecular formula is C32H39N5O6S. The molecular weight excluding hydrogens is 582 g/mol. The summed E-state index contributed by atoms with van der Waals surface area (Å²) >= 11 is 1.19. The molecule has 234 valence electrons. The van der Waals surface area contributed by atoms with Crippen LogP contribution in [0, 0.1) is 16.7 Å². The zero-order valence-corrected chi connectivity index (χ0v) is 27.1.